The summed E-state index contributed by atoms with van der Waals surface area (Å²) >= 11 is 5.25. The Hall–Kier alpha value is -0.870. The van der Waals surface area contributed by atoms with E-state index in [9.17, 15) is 4.79 Å². The Balaban J connectivity index is 1.79. The molecular formula is C21H26BrNOS. The highest BCUT2D eigenvalue weighted by Gasteiger charge is 2.30. The van der Waals surface area contributed by atoms with Crippen LogP contribution in [-0.2, 0) is 0 Å². The predicted octanol–water partition coefficient (Wildman–Crippen LogP) is 6.50. The minimum Gasteiger partial charge on any atom is -0.362 e. The van der Waals surface area contributed by atoms with Crippen LogP contribution in [0.3, 0.4) is 0 Å². The molecule has 4 heteroatoms. The van der Waals surface area contributed by atoms with E-state index >= 15 is 0 Å². The van der Waals surface area contributed by atoms with Gasteiger partial charge in [0.2, 0.25) is 5.43 Å². The number of halogens is 1. The highest BCUT2D eigenvalue weighted by atomic mass is 79.9. The van der Waals surface area contributed by atoms with Crippen LogP contribution in [-0.4, -0.2) is 12.1 Å². The van der Waals surface area contributed by atoms with Gasteiger partial charge in [-0.2, -0.15) is 0 Å². The van der Waals surface area contributed by atoms with Crippen LogP contribution in [0, 0.1) is 0 Å². The molecule has 0 unspecified atom stereocenters. The smallest absolute Gasteiger partial charge is 0.211 e. The van der Waals surface area contributed by atoms with E-state index in [1.807, 2.05) is 12.1 Å². The molecule has 25 heavy (non-hydrogen) atoms. The Kier molecular flexibility index (Phi) is 5.47. The highest BCUT2D eigenvalue weighted by molar-refractivity contribution is 9.10. The van der Waals surface area contributed by atoms with E-state index in [1.54, 1.807) is 11.3 Å². The van der Waals surface area contributed by atoms with Crippen LogP contribution in [0.5, 0.6) is 0 Å². The summed E-state index contributed by atoms with van der Waals surface area (Å²) in [6, 6.07) is 7.19. The Labute approximate surface area is 162 Å². The van der Waals surface area contributed by atoms with Crippen molar-refractivity contribution < 1.29 is 0 Å². The van der Waals surface area contributed by atoms with Gasteiger partial charge in [-0.25, -0.2) is 0 Å². The average molecular weight is 420 g/mol. The van der Waals surface area contributed by atoms with Crippen molar-refractivity contribution >= 4 is 43.0 Å². The number of fused-ring (bicyclic) bond motifs is 1. The molecule has 1 aromatic heterocycles. The van der Waals surface area contributed by atoms with Crippen molar-refractivity contribution in [2.24, 2.45) is 0 Å². The third kappa shape index (κ3) is 3.66. The van der Waals surface area contributed by atoms with Gasteiger partial charge in [0.1, 0.15) is 0 Å². The molecule has 0 amide bonds. The van der Waals surface area contributed by atoms with Gasteiger partial charge in [0, 0.05) is 32.0 Å². The summed E-state index contributed by atoms with van der Waals surface area (Å²) in [7, 11) is 0. The van der Waals surface area contributed by atoms with Crippen LogP contribution in [0.1, 0.15) is 64.2 Å². The molecule has 0 N–H and O–H groups in total. The maximum Gasteiger partial charge on any atom is 0.211 e. The molecule has 134 valence electrons. The van der Waals surface area contributed by atoms with E-state index < -0.39 is 0 Å². The zero-order valence-corrected chi connectivity index (χ0v) is 17.1. The summed E-state index contributed by atoms with van der Waals surface area (Å²) in [4.78, 5) is 15.9. The van der Waals surface area contributed by atoms with Crippen LogP contribution in [0.2, 0.25) is 0 Å². The first-order chi connectivity index (χ1) is 12.2. The highest BCUT2D eigenvalue weighted by Crippen LogP contribution is 2.34. The van der Waals surface area contributed by atoms with E-state index in [0.29, 0.717) is 12.1 Å². The fraction of sp³-hybridized carbons (Fsp3) is 0.571. The van der Waals surface area contributed by atoms with Crippen LogP contribution in [0.4, 0.5) is 5.69 Å². The van der Waals surface area contributed by atoms with Gasteiger partial charge in [-0.1, -0.05) is 54.5 Å². The van der Waals surface area contributed by atoms with Gasteiger partial charge in [0.05, 0.1) is 5.69 Å². The summed E-state index contributed by atoms with van der Waals surface area (Å²) in [5.74, 6) is 0. The largest absolute Gasteiger partial charge is 0.362 e. The maximum atomic E-state index is 13.4. The fourth-order valence-electron chi connectivity index (χ4n) is 4.68. The molecule has 2 aliphatic rings. The SMILES string of the molecule is O=c1c(N(C2CCCCC2)C2CCCCC2)csc2ccc(Br)cc12. The van der Waals surface area contributed by atoms with Crippen LogP contribution < -0.4 is 10.3 Å². The minimum absolute atomic E-state index is 0.228. The van der Waals surface area contributed by atoms with Crippen molar-refractivity contribution in [3.8, 4) is 0 Å². The third-order valence-electron chi connectivity index (χ3n) is 5.93. The Morgan fingerprint density at radius 3 is 2.12 bits per heavy atom. The van der Waals surface area contributed by atoms with Crippen molar-refractivity contribution in [2.45, 2.75) is 76.3 Å². The second-order valence-electron chi connectivity index (χ2n) is 7.58. The molecule has 0 atom stereocenters. The summed E-state index contributed by atoms with van der Waals surface area (Å²) in [6.45, 7) is 0. The number of rotatable bonds is 3. The molecule has 2 nitrogen and oxygen atoms in total. The normalized spacial score (nSPS) is 20.0. The molecule has 2 aliphatic carbocycles. The van der Waals surface area contributed by atoms with E-state index in [1.165, 1.54) is 64.2 Å². The van der Waals surface area contributed by atoms with Crippen molar-refractivity contribution in [3.63, 3.8) is 0 Å². The van der Waals surface area contributed by atoms with Crippen molar-refractivity contribution in [3.05, 3.63) is 38.3 Å². The van der Waals surface area contributed by atoms with Gasteiger partial charge in [-0.05, 0) is 43.9 Å². The Bertz CT molecular complexity index is 772. The van der Waals surface area contributed by atoms with Crippen LogP contribution in [0.15, 0.2) is 32.8 Å². The first-order valence-corrected chi connectivity index (χ1v) is 11.4. The molecule has 0 bridgehead atoms. The van der Waals surface area contributed by atoms with Crippen LogP contribution >= 0.6 is 27.3 Å². The van der Waals surface area contributed by atoms with Crippen LogP contribution in [0.25, 0.3) is 10.1 Å². The molecule has 0 radical (unpaired) electrons. The number of hydrogen-bond donors (Lipinski definition) is 0. The van der Waals surface area contributed by atoms with Gasteiger partial charge < -0.3 is 4.90 Å². The fourth-order valence-corrected chi connectivity index (χ4v) is 5.93. The third-order valence-corrected chi connectivity index (χ3v) is 7.38. The second-order valence-corrected chi connectivity index (χ2v) is 9.41. The quantitative estimate of drug-likeness (QED) is 0.565. The van der Waals surface area contributed by atoms with Gasteiger partial charge in [-0.3, -0.25) is 4.79 Å². The lowest BCUT2D eigenvalue weighted by Crippen LogP contribution is -2.47. The molecule has 0 spiro atoms. The topological polar surface area (TPSA) is 20.3 Å². The van der Waals surface area contributed by atoms with E-state index in [2.05, 4.69) is 32.3 Å². The zero-order valence-electron chi connectivity index (χ0n) is 14.7. The van der Waals surface area contributed by atoms with Crippen molar-refractivity contribution in [2.75, 3.05) is 4.90 Å². The van der Waals surface area contributed by atoms with Gasteiger partial charge in [0.15, 0.2) is 0 Å². The first kappa shape index (κ1) is 17.5. The zero-order chi connectivity index (χ0) is 17.2. The maximum absolute atomic E-state index is 13.4. The van der Waals surface area contributed by atoms with E-state index in [-0.39, 0.29) is 5.43 Å². The monoisotopic (exact) mass is 419 g/mol. The number of benzene rings is 1. The molecule has 1 heterocycles. The lowest BCUT2D eigenvalue weighted by atomic mass is 9.88. The lowest BCUT2D eigenvalue weighted by molar-refractivity contribution is 0.339. The molecule has 0 saturated heterocycles. The summed E-state index contributed by atoms with van der Waals surface area (Å²) in [5.41, 5.74) is 1.19. The predicted molar refractivity (Wildman–Crippen MR) is 112 cm³/mol. The second kappa shape index (κ2) is 7.79. The van der Waals surface area contributed by atoms with E-state index in [0.717, 1.165) is 20.2 Å². The average Bonchev–Trinajstić information content (AvgIpc) is 2.66. The molecular weight excluding hydrogens is 394 g/mol. The Morgan fingerprint density at radius 2 is 1.52 bits per heavy atom. The molecule has 0 aliphatic heterocycles. The number of anilines is 1. The van der Waals surface area contributed by atoms with Gasteiger partial charge in [-0.15, -0.1) is 11.3 Å². The first-order valence-electron chi connectivity index (χ1n) is 9.73. The van der Waals surface area contributed by atoms with E-state index in [4.69, 9.17) is 0 Å². The standard InChI is InChI=1S/C21H26BrNOS/c22-15-11-12-20-18(13-15)21(24)19(14-25-20)23(16-7-3-1-4-8-16)17-9-5-2-6-10-17/h11-14,16-17H,1-10H2. The Morgan fingerprint density at radius 1 is 0.920 bits per heavy atom. The molecule has 2 fully saturated rings. The molecule has 2 aromatic rings. The summed E-state index contributed by atoms with van der Waals surface area (Å²) < 4.78 is 2.08. The number of hydrogen-bond acceptors (Lipinski definition) is 3. The molecule has 2 saturated carbocycles. The van der Waals surface area contributed by atoms with Crippen molar-refractivity contribution in [1.29, 1.82) is 0 Å². The summed E-state index contributed by atoms with van der Waals surface area (Å²) in [5, 5.41) is 3.01. The van der Waals surface area contributed by atoms with Gasteiger partial charge >= 0.3 is 0 Å². The molecule has 1 aromatic carbocycles. The lowest BCUT2D eigenvalue weighted by Gasteiger charge is -2.43. The van der Waals surface area contributed by atoms with Crippen molar-refractivity contribution in [1.82, 2.24) is 0 Å². The molecule has 4 rings (SSSR count). The summed E-state index contributed by atoms with van der Waals surface area (Å²) in [6.07, 6.45) is 12.9. The minimum atomic E-state index is 0.228. The number of nitrogens with zero attached hydrogens (tertiary/aromatic N) is 1. The van der Waals surface area contributed by atoms with Gasteiger partial charge in [0.25, 0.3) is 0 Å².